The third-order valence-electron chi connectivity index (χ3n) is 3.35. The van der Waals surface area contributed by atoms with Gasteiger partial charge < -0.3 is 4.74 Å². The molecule has 7 heteroatoms. The van der Waals surface area contributed by atoms with Crippen LogP contribution in [0.25, 0.3) is 0 Å². The fourth-order valence-corrected chi connectivity index (χ4v) is 3.59. The van der Waals surface area contributed by atoms with E-state index in [1.165, 1.54) is 20.2 Å². The molecule has 2 rings (SSSR count). The van der Waals surface area contributed by atoms with Gasteiger partial charge in [0.15, 0.2) is 0 Å². The summed E-state index contributed by atoms with van der Waals surface area (Å²) in [6, 6.07) is 13.0. The van der Waals surface area contributed by atoms with Crippen molar-refractivity contribution in [2.24, 2.45) is 0 Å². The van der Waals surface area contributed by atoms with Crippen molar-refractivity contribution in [2.45, 2.75) is 9.79 Å². The van der Waals surface area contributed by atoms with Gasteiger partial charge in [0.05, 0.1) is 23.3 Å². The van der Waals surface area contributed by atoms with Crippen LogP contribution < -0.4 is 4.31 Å². The molecule has 5 nitrogen and oxygen atoms in total. The average molecular weight is 351 g/mol. The Bertz CT molecular complexity index is 801. The molecule has 0 atom stereocenters. The third kappa shape index (κ3) is 3.68. The van der Waals surface area contributed by atoms with Gasteiger partial charge in [-0.3, -0.25) is 4.31 Å². The first-order chi connectivity index (χ1) is 10.9. The molecule has 0 fully saturated rings. The van der Waals surface area contributed by atoms with Gasteiger partial charge in [-0.1, -0.05) is 6.07 Å². The zero-order valence-corrected chi connectivity index (χ0v) is 14.6. The van der Waals surface area contributed by atoms with Crippen LogP contribution in [0.1, 0.15) is 10.4 Å². The Kier molecular flexibility index (Phi) is 5.33. The summed E-state index contributed by atoms with van der Waals surface area (Å²) in [7, 11) is -0.961. The highest BCUT2D eigenvalue weighted by Gasteiger charge is 2.22. The molecular formula is C16H17NO4S2. The highest BCUT2D eigenvalue weighted by molar-refractivity contribution is 7.98. The summed E-state index contributed by atoms with van der Waals surface area (Å²) >= 11 is 1.54. The first-order valence-corrected chi connectivity index (χ1v) is 9.38. The van der Waals surface area contributed by atoms with E-state index in [-0.39, 0.29) is 4.90 Å². The van der Waals surface area contributed by atoms with Crippen LogP contribution in [0, 0.1) is 0 Å². The van der Waals surface area contributed by atoms with E-state index >= 15 is 0 Å². The van der Waals surface area contributed by atoms with Crippen LogP contribution in [0.5, 0.6) is 0 Å². The SMILES string of the molecule is COC(=O)c1cccc(N(C)S(=O)(=O)c2ccc(SC)cc2)c1. The van der Waals surface area contributed by atoms with Gasteiger partial charge in [0.1, 0.15) is 0 Å². The second kappa shape index (κ2) is 7.06. The van der Waals surface area contributed by atoms with Crippen LogP contribution in [0.3, 0.4) is 0 Å². The van der Waals surface area contributed by atoms with E-state index in [0.29, 0.717) is 11.3 Å². The standard InChI is InChI=1S/C16H17NO4S2/c1-17(13-6-4-5-12(11-13)16(18)21-2)23(19,20)15-9-7-14(22-3)8-10-15/h4-11H,1-3H3. The molecule has 0 bridgehead atoms. The highest BCUT2D eigenvalue weighted by atomic mass is 32.2. The van der Waals surface area contributed by atoms with Crippen molar-refractivity contribution in [3.8, 4) is 0 Å². The number of esters is 1. The monoisotopic (exact) mass is 351 g/mol. The van der Waals surface area contributed by atoms with E-state index in [2.05, 4.69) is 4.74 Å². The number of hydrogen-bond donors (Lipinski definition) is 0. The molecule has 2 aromatic rings. The number of carbonyl (C=O) groups is 1. The van der Waals surface area contributed by atoms with Gasteiger partial charge in [-0.05, 0) is 48.7 Å². The second-order valence-corrected chi connectivity index (χ2v) is 7.54. The molecule has 0 aliphatic heterocycles. The summed E-state index contributed by atoms with van der Waals surface area (Å²) in [5.74, 6) is -0.512. The van der Waals surface area contributed by atoms with Gasteiger partial charge in [0, 0.05) is 11.9 Å². The second-order valence-electron chi connectivity index (χ2n) is 4.69. The van der Waals surface area contributed by atoms with Crippen LogP contribution in [0.15, 0.2) is 58.3 Å². The lowest BCUT2D eigenvalue weighted by Crippen LogP contribution is -2.26. The van der Waals surface area contributed by atoms with Crippen molar-refractivity contribution in [3.63, 3.8) is 0 Å². The molecule has 0 radical (unpaired) electrons. The smallest absolute Gasteiger partial charge is 0.337 e. The fraction of sp³-hybridized carbons (Fsp3) is 0.188. The Morgan fingerprint density at radius 3 is 2.35 bits per heavy atom. The van der Waals surface area contributed by atoms with Crippen molar-refractivity contribution in [1.82, 2.24) is 0 Å². The van der Waals surface area contributed by atoms with E-state index in [0.717, 1.165) is 9.20 Å². The molecule has 0 N–H and O–H groups in total. The maximum Gasteiger partial charge on any atom is 0.337 e. The third-order valence-corrected chi connectivity index (χ3v) is 5.89. The highest BCUT2D eigenvalue weighted by Crippen LogP contribution is 2.24. The molecule has 0 spiro atoms. The number of thioether (sulfide) groups is 1. The number of ether oxygens (including phenoxy) is 1. The lowest BCUT2D eigenvalue weighted by Gasteiger charge is -2.20. The quantitative estimate of drug-likeness (QED) is 0.612. The summed E-state index contributed by atoms with van der Waals surface area (Å²) in [6.07, 6.45) is 1.92. The van der Waals surface area contributed by atoms with E-state index in [4.69, 9.17) is 0 Å². The van der Waals surface area contributed by atoms with Gasteiger partial charge >= 0.3 is 5.97 Å². The molecule has 0 saturated heterocycles. The summed E-state index contributed by atoms with van der Waals surface area (Å²) in [5, 5.41) is 0. The van der Waals surface area contributed by atoms with Crippen LogP contribution in [-0.2, 0) is 14.8 Å². The number of nitrogens with zero attached hydrogens (tertiary/aromatic N) is 1. The molecule has 0 amide bonds. The predicted octanol–water partition coefficient (Wildman–Crippen LogP) is 3.02. The minimum atomic E-state index is -3.69. The molecule has 122 valence electrons. The number of hydrogen-bond acceptors (Lipinski definition) is 5. The normalized spacial score (nSPS) is 11.1. The molecule has 0 aliphatic carbocycles. The predicted molar refractivity (Wildman–Crippen MR) is 91.6 cm³/mol. The molecule has 0 aromatic heterocycles. The van der Waals surface area contributed by atoms with Crippen LogP contribution in [0.4, 0.5) is 5.69 Å². The average Bonchev–Trinajstić information content (AvgIpc) is 2.60. The zero-order chi connectivity index (χ0) is 17.0. The van der Waals surface area contributed by atoms with Crippen LogP contribution in [0.2, 0.25) is 0 Å². The van der Waals surface area contributed by atoms with Gasteiger partial charge in [0.25, 0.3) is 10.0 Å². The largest absolute Gasteiger partial charge is 0.465 e. The van der Waals surface area contributed by atoms with Crippen molar-refractivity contribution < 1.29 is 17.9 Å². The van der Waals surface area contributed by atoms with Crippen LogP contribution in [-0.4, -0.2) is 34.8 Å². The van der Waals surface area contributed by atoms with E-state index in [1.807, 2.05) is 6.26 Å². The number of anilines is 1. The number of sulfonamides is 1. The number of rotatable bonds is 5. The lowest BCUT2D eigenvalue weighted by atomic mass is 10.2. The van der Waals surface area contributed by atoms with E-state index < -0.39 is 16.0 Å². The molecule has 2 aromatic carbocycles. The minimum Gasteiger partial charge on any atom is -0.465 e. The Morgan fingerprint density at radius 2 is 1.78 bits per heavy atom. The number of benzene rings is 2. The fourth-order valence-electron chi connectivity index (χ4n) is 1.99. The van der Waals surface area contributed by atoms with Gasteiger partial charge in [0.2, 0.25) is 0 Å². The molecule has 23 heavy (non-hydrogen) atoms. The summed E-state index contributed by atoms with van der Waals surface area (Å²) in [4.78, 5) is 12.8. The zero-order valence-electron chi connectivity index (χ0n) is 13.0. The van der Waals surface area contributed by atoms with Gasteiger partial charge in [-0.15, -0.1) is 11.8 Å². The summed E-state index contributed by atoms with van der Waals surface area (Å²) < 4.78 is 31.2. The maximum atomic E-state index is 12.7. The van der Waals surface area contributed by atoms with Gasteiger partial charge in [-0.25, -0.2) is 13.2 Å². The van der Waals surface area contributed by atoms with Crippen molar-refractivity contribution in [1.29, 1.82) is 0 Å². The number of methoxy groups -OCH3 is 1. The molecular weight excluding hydrogens is 334 g/mol. The Balaban J connectivity index is 2.37. The van der Waals surface area contributed by atoms with Crippen LogP contribution >= 0.6 is 11.8 Å². The summed E-state index contributed by atoms with van der Waals surface area (Å²) in [6.45, 7) is 0. The van der Waals surface area contributed by atoms with Gasteiger partial charge in [-0.2, -0.15) is 0 Å². The van der Waals surface area contributed by atoms with Crippen molar-refractivity contribution in [2.75, 3.05) is 24.7 Å². The first-order valence-electron chi connectivity index (χ1n) is 6.71. The lowest BCUT2D eigenvalue weighted by molar-refractivity contribution is 0.0600. The molecule has 0 aliphatic rings. The Hall–Kier alpha value is -1.99. The Labute approximate surface area is 140 Å². The van der Waals surface area contributed by atoms with E-state index in [1.54, 1.807) is 54.2 Å². The topological polar surface area (TPSA) is 63.7 Å². The number of carbonyl (C=O) groups excluding carboxylic acids is 1. The Morgan fingerprint density at radius 1 is 1.13 bits per heavy atom. The van der Waals surface area contributed by atoms with Crippen molar-refractivity contribution >= 4 is 33.4 Å². The van der Waals surface area contributed by atoms with Crippen molar-refractivity contribution in [3.05, 3.63) is 54.1 Å². The summed E-state index contributed by atoms with van der Waals surface area (Å²) in [5.41, 5.74) is 0.687. The maximum absolute atomic E-state index is 12.7. The molecule has 0 heterocycles. The minimum absolute atomic E-state index is 0.196. The first kappa shape index (κ1) is 17.4. The van der Waals surface area contributed by atoms with E-state index in [9.17, 15) is 13.2 Å². The molecule has 0 unspecified atom stereocenters. The molecule has 0 saturated carbocycles.